The van der Waals surface area contributed by atoms with E-state index in [-0.39, 0.29) is 0 Å². The second-order valence-electron chi connectivity index (χ2n) is 5.06. The molecule has 1 aliphatic rings. The first-order valence-electron chi connectivity index (χ1n) is 6.77. The fraction of sp³-hybridized carbons (Fsp3) is 0.250. The molecule has 1 N–H and O–H groups in total. The van der Waals surface area contributed by atoms with Crippen molar-refractivity contribution >= 4 is 39.1 Å². The molecule has 0 spiro atoms. The summed E-state index contributed by atoms with van der Waals surface area (Å²) in [7, 11) is 0. The summed E-state index contributed by atoms with van der Waals surface area (Å²) in [5.74, 6) is 1.34. The number of rotatable bonds is 5. The quantitative estimate of drug-likeness (QED) is 0.700. The average Bonchev–Trinajstić information content (AvgIpc) is 3.27. The minimum atomic E-state index is 0.431. The lowest BCUT2D eigenvalue weighted by Gasteiger charge is -2.14. The van der Waals surface area contributed by atoms with Crippen molar-refractivity contribution in [2.45, 2.75) is 25.4 Å². The summed E-state index contributed by atoms with van der Waals surface area (Å²) in [6.07, 6.45) is 2.51. The van der Waals surface area contributed by atoms with Crippen LogP contribution in [-0.2, 0) is 6.54 Å². The first kappa shape index (κ1) is 15.2. The Hall–Kier alpha value is -0.740. The monoisotopic (exact) mass is 385 g/mol. The van der Waals surface area contributed by atoms with E-state index in [1.165, 1.54) is 12.8 Å². The van der Waals surface area contributed by atoms with Crippen LogP contribution in [0.2, 0.25) is 10.0 Å². The Kier molecular flexibility index (Phi) is 4.75. The van der Waals surface area contributed by atoms with E-state index < -0.39 is 0 Å². The Balaban J connectivity index is 1.85. The predicted octanol–water partition coefficient (Wildman–Crippen LogP) is 5.80. The molecule has 3 rings (SSSR count). The van der Waals surface area contributed by atoms with Crippen molar-refractivity contribution in [1.29, 1.82) is 0 Å². The number of benzene rings is 2. The molecule has 0 unspecified atom stereocenters. The summed E-state index contributed by atoms with van der Waals surface area (Å²) in [5, 5.41) is 4.41. The minimum Gasteiger partial charge on any atom is -0.455 e. The Labute approximate surface area is 142 Å². The van der Waals surface area contributed by atoms with Gasteiger partial charge in [-0.2, -0.15) is 0 Å². The maximum Gasteiger partial charge on any atom is 0.147 e. The number of halogens is 3. The van der Waals surface area contributed by atoms with Crippen molar-refractivity contribution in [3.05, 3.63) is 56.5 Å². The van der Waals surface area contributed by atoms with Crippen molar-refractivity contribution in [2.24, 2.45) is 0 Å². The van der Waals surface area contributed by atoms with Gasteiger partial charge < -0.3 is 10.1 Å². The molecular weight excluding hydrogens is 373 g/mol. The van der Waals surface area contributed by atoms with E-state index in [1.807, 2.05) is 30.3 Å². The Bertz CT molecular complexity index is 659. The van der Waals surface area contributed by atoms with Gasteiger partial charge in [-0.1, -0.05) is 51.3 Å². The van der Waals surface area contributed by atoms with E-state index in [9.17, 15) is 0 Å². The van der Waals surface area contributed by atoms with Crippen molar-refractivity contribution in [3.8, 4) is 11.5 Å². The zero-order valence-corrected chi connectivity index (χ0v) is 14.3. The van der Waals surface area contributed by atoms with Gasteiger partial charge in [0.2, 0.25) is 0 Å². The van der Waals surface area contributed by atoms with Crippen LogP contribution in [0.1, 0.15) is 18.4 Å². The molecule has 0 aromatic heterocycles. The highest BCUT2D eigenvalue weighted by Gasteiger charge is 2.21. The van der Waals surface area contributed by atoms with Gasteiger partial charge in [0.15, 0.2) is 0 Å². The van der Waals surface area contributed by atoms with Crippen LogP contribution in [0, 0.1) is 0 Å². The summed E-state index contributed by atoms with van der Waals surface area (Å²) >= 11 is 15.7. The number of hydrogen-bond donors (Lipinski definition) is 1. The lowest BCUT2D eigenvalue weighted by molar-refractivity contribution is 0.472. The van der Waals surface area contributed by atoms with Gasteiger partial charge in [-0.25, -0.2) is 0 Å². The molecule has 5 heteroatoms. The van der Waals surface area contributed by atoms with Crippen LogP contribution in [0.3, 0.4) is 0 Å². The summed E-state index contributed by atoms with van der Waals surface area (Å²) < 4.78 is 6.93. The second-order valence-corrected chi connectivity index (χ2v) is 6.76. The molecule has 0 atom stereocenters. The van der Waals surface area contributed by atoms with E-state index in [0.717, 1.165) is 22.3 Å². The van der Waals surface area contributed by atoms with Crippen LogP contribution < -0.4 is 10.1 Å². The van der Waals surface area contributed by atoms with Crippen molar-refractivity contribution in [2.75, 3.05) is 0 Å². The summed E-state index contributed by atoms with van der Waals surface area (Å²) in [4.78, 5) is 0. The highest BCUT2D eigenvalue weighted by molar-refractivity contribution is 9.10. The first-order chi connectivity index (χ1) is 10.1. The van der Waals surface area contributed by atoms with Crippen molar-refractivity contribution in [1.82, 2.24) is 5.32 Å². The molecule has 2 nitrogen and oxygen atoms in total. The smallest absolute Gasteiger partial charge is 0.147 e. The Morgan fingerprint density at radius 2 is 1.95 bits per heavy atom. The molecule has 2 aromatic carbocycles. The van der Waals surface area contributed by atoms with Crippen molar-refractivity contribution in [3.63, 3.8) is 0 Å². The first-order valence-corrected chi connectivity index (χ1v) is 8.32. The molecule has 1 saturated carbocycles. The summed E-state index contributed by atoms with van der Waals surface area (Å²) in [5.41, 5.74) is 1.10. The molecule has 1 aliphatic carbocycles. The molecule has 0 radical (unpaired) electrons. The largest absolute Gasteiger partial charge is 0.455 e. The number of hydrogen-bond acceptors (Lipinski definition) is 2. The fourth-order valence-corrected chi connectivity index (χ4v) is 2.66. The van der Waals surface area contributed by atoms with E-state index >= 15 is 0 Å². The zero-order valence-electron chi connectivity index (χ0n) is 11.2. The number of ether oxygens (including phenoxy) is 1. The molecule has 0 bridgehead atoms. The molecule has 0 amide bonds. The van der Waals surface area contributed by atoms with Crippen LogP contribution in [0.25, 0.3) is 0 Å². The van der Waals surface area contributed by atoms with Gasteiger partial charge in [-0.15, -0.1) is 0 Å². The Morgan fingerprint density at radius 1 is 1.14 bits per heavy atom. The van der Waals surface area contributed by atoms with Gasteiger partial charge in [0.1, 0.15) is 16.5 Å². The van der Waals surface area contributed by atoms with Crippen LogP contribution in [-0.4, -0.2) is 6.04 Å². The lowest BCUT2D eigenvalue weighted by atomic mass is 10.2. The molecule has 0 aliphatic heterocycles. The third kappa shape index (κ3) is 3.92. The van der Waals surface area contributed by atoms with Gasteiger partial charge in [-0.3, -0.25) is 0 Å². The third-order valence-corrected chi connectivity index (χ3v) is 4.62. The second kappa shape index (κ2) is 6.57. The topological polar surface area (TPSA) is 21.3 Å². The van der Waals surface area contributed by atoms with Crippen LogP contribution in [0.4, 0.5) is 0 Å². The van der Waals surface area contributed by atoms with Gasteiger partial charge in [0, 0.05) is 22.6 Å². The molecule has 0 saturated heterocycles. The lowest BCUT2D eigenvalue weighted by Crippen LogP contribution is -2.15. The maximum atomic E-state index is 6.19. The molecule has 1 fully saturated rings. The van der Waals surface area contributed by atoms with Gasteiger partial charge >= 0.3 is 0 Å². The SMILES string of the molecule is Clc1cccc(Oc2cc(Br)ccc2CNC2CC2)c1Cl. The molecule has 110 valence electrons. The standard InChI is InChI=1S/C16H14BrCl2NO/c17-11-5-4-10(9-20-12-6-7-12)15(8-11)21-14-3-1-2-13(18)16(14)19/h1-5,8,12,20H,6-7,9H2. The molecule has 21 heavy (non-hydrogen) atoms. The number of nitrogens with one attached hydrogen (secondary N) is 1. The fourth-order valence-electron chi connectivity index (χ4n) is 1.99. The minimum absolute atomic E-state index is 0.431. The highest BCUT2D eigenvalue weighted by atomic mass is 79.9. The summed E-state index contributed by atoms with van der Waals surface area (Å²) in [6, 6.07) is 12.0. The van der Waals surface area contributed by atoms with Gasteiger partial charge in [0.25, 0.3) is 0 Å². The van der Waals surface area contributed by atoms with Crippen molar-refractivity contribution < 1.29 is 4.74 Å². The third-order valence-electron chi connectivity index (χ3n) is 3.32. The van der Waals surface area contributed by atoms with Crippen LogP contribution in [0.5, 0.6) is 11.5 Å². The predicted molar refractivity (Wildman–Crippen MR) is 90.5 cm³/mol. The van der Waals surface area contributed by atoms with Crippen LogP contribution in [0.15, 0.2) is 40.9 Å². The van der Waals surface area contributed by atoms with E-state index in [2.05, 4.69) is 21.2 Å². The van der Waals surface area contributed by atoms with E-state index in [4.69, 9.17) is 27.9 Å². The van der Waals surface area contributed by atoms with Gasteiger partial charge in [0.05, 0.1) is 5.02 Å². The van der Waals surface area contributed by atoms with E-state index in [0.29, 0.717) is 21.8 Å². The summed E-state index contributed by atoms with van der Waals surface area (Å²) in [6.45, 7) is 0.783. The molecular formula is C16H14BrCl2NO. The molecule has 0 heterocycles. The van der Waals surface area contributed by atoms with Gasteiger partial charge in [-0.05, 0) is 37.1 Å². The maximum absolute atomic E-state index is 6.19. The van der Waals surface area contributed by atoms with E-state index in [1.54, 1.807) is 6.07 Å². The Morgan fingerprint density at radius 3 is 2.71 bits per heavy atom. The van der Waals surface area contributed by atoms with Crippen LogP contribution >= 0.6 is 39.1 Å². The zero-order chi connectivity index (χ0) is 14.8. The average molecular weight is 387 g/mol. The normalized spacial score (nSPS) is 14.2. The highest BCUT2D eigenvalue weighted by Crippen LogP contribution is 2.36. The molecule has 2 aromatic rings.